The highest BCUT2D eigenvalue weighted by atomic mass is 127. The summed E-state index contributed by atoms with van der Waals surface area (Å²) in [6.45, 7) is 1.38. The molecule has 0 spiro atoms. The minimum atomic E-state index is 0. The molecule has 3 nitrogen and oxygen atoms in total. The second kappa shape index (κ2) is 7.18. The molecule has 94 valence electrons. The number of anilines is 1. The summed E-state index contributed by atoms with van der Waals surface area (Å²) < 4.78 is 1.13. The van der Waals surface area contributed by atoms with Crippen LogP contribution in [0.25, 0.3) is 0 Å². The van der Waals surface area contributed by atoms with E-state index in [0.29, 0.717) is 6.54 Å². The molecule has 0 unspecified atom stereocenters. The van der Waals surface area contributed by atoms with E-state index in [9.17, 15) is 4.79 Å². The number of nitrogens with one attached hydrogen (secondary N) is 2. The van der Waals surface area contributed by atoms with Gasteiger partial charge in [-0.2, -0.15) is 0 Å². The highest BCUT2D eigenvalue weighted by Gasteiger charge is 2.20. The molecule has 2 N–H and O–H groups in total. The summed E-state index contributed by atoms with van der Waals surface area (Å²) >= 11 is 2.23. The molecule has 17 heavy (non-hydrogen) atoms. The molecule has 2 rings (SSSR count). The molecule has 5 heteroatoms. The van der Waals surface area contributed by atoms with Crippen LogP contribution >= 0.6 is 35.0 Å². The Bertz CT molecular complexity index is 383. The molecule has 0 saturated heterocycles. The van der Waals surface area contributed by atoms with E-state index in [1.807, 2.05) is 24.3 Å². The average molecular weight is 367 g/mol. The average Bonchev–Trinajstić information content (AvgIpc) is 3.01. The maximum absolute atomic E-state index is 11.5. The molecular formula is C12H16ClIN2O. The van der Waals surface area contributed by atoms with Crippen LogP contribution in [0.15, 0.2) is 24.3 Å². The second-order valence-corrected chi connectivity index (χ2v) is 5.38. The van der Waals surface area contributed by atoms with Gasteiger partial charge >= 0.3 is 0 Å². The molecule has 0 heterocycles. The van der Waals surface area contributed by atoms with Gasteiger partial charge in [0.1, 0.15) is 0 Å². The number of benzene rings is 1. The molecule has 1 aromatic carbocycles. The van der Waals surface area contributed by atoms with Crippen molar-refractivity contribution in [3.63, 3.8) is 0 Å². The van der Waals surface area contributed by atoms with Crippen LogP contribution in [-0.2, 0) is 4.79 Å². The first-order valence-corrected chi connectivity index (χ1v) is 6.58. The highest BCUT2D eigenvalue weighted by molar-refractivity contribution is 14.1. The molecule has 0 radical (unpaired) electrons. The zero-order chi connectivity index (χ0) is 11.4. The number of hydrogen-bond donors (Lipinski definition) is 2. The molecule has 1 aromatic rings. The van der Waals surface area contributed by atoms with Crippen LogP contribution in [0.2, 0.25) is 0 Å². The Balaban J connectivity index is 0.00000144. The topological polar surface area (TPSA) is 41.1 Å². The largest absolute Gasteiger partial charge is 0.325 e. The fraction of sp³-hybridized carbons (Fsp3) is 0.417. The van der Waals surface area contributed by atoms with Crippen molar-refractivity contribution < 1.29 is 4.79 Å². The van der Waals surface area contributed by atoms with E-state index in [0.717, 1.165) is 21.7 Å². The molecule has 0 aliphatic heterocycles. The summed E-state index contributed by atoms with van der Waals surface area (Å²) in [5.41, 5.74) is 0.866. The van der Waals surface area contributed by atoms with E-state index in [1.165, 1.54) is 12.8 Å². The van der Waals surface area contributed by atoms with Crippen molar-refractivity contribution in [1.29, 1.82) is 0 Å². The maximum Gasteiger partial charge on any atom is 0.238 e. The second-order valence-electron chi connectivity index (χ2n) is 4.13. The van der Waals surface area contributed by atoms with Crippen molar-refractivity contribution in [2.75, 3.05) is 18.4 Å². The van der Waals surface area contributed by atoms with Gasteiger partial charge in [0.15, 0.2) is 0 Å². The van der Waals surface area contributed by atoms with Crippen molar-refractivity contribution in [3.8, 4) is 0 Å². The zero-order valence-electron chi connectivity index (χ0n) is 9.41. The van der Waals surface area contributed by atoms with Gasteiger partial charge in [-0.05, 0) is 66.1 Å². The molecule has 1 amide bonds. The lowest BCUT2D eigenvalue weighted by Crippen LogP contribution is -2.29. The van der Waals surface area contributed by atoms with Crippen LogP contribution in [0.1, 0.15) is 12.8 Å². The Morgan fingerprint density at radius 2 is 2.18 bits per heavy atom. The zero-order valence-corrected chi connectivity index (χ0v) is 12.4. The van der Waals surface area contributed by atoms with Crippen LogP contribution < -0.4 is 10.6 Å². The SMILES string of the molecule is Cl.O=C(CNCC1CC1)Nc1cccc(I)c1. The molecule has 1 aliphatic rings. The van der Waals surface area contributed by atoms with E-state index >= 15 is 0 Å². The number of amides is 1. The lowest BCUT2D eigenvalue weighted by molar-refractivity contribution is -0.115. The fourth-order valence-electron chi connectivity index (χ4n) is 1.48. The molecule has 0 atom stereocenters. The monoisotopic (exact) mass is 366 g/mol. The predicted octanol–water partition coefficient (Wildman–Crippen LogP) is 2.65. The van der Waals surface area contributed by atoms with Gasteiger partial charge in [-0.3, -0.25) is 4.79 Å². The highest BCUT2D eigenvalue weighted by Crippen LogP contribution is 2.27. The smallest absolute Gasteiger partial charge is 0.238 e. The van der Waals surface area contributed by atoms with E-state index in [1.54, 1.807) is 0 Å². The summed E-state index contributed by atoms with van der Waals surface area (Å²) in [5.74, 6) is 0.841. The number of carbonyl (C=O) groups is 1. The summed E-state index contributed by atoms with van der Waals surface area (Å²) in [5, 5.41) is 6.04. The Kier molecular flexibility index (Phi) is 6.22. The van der Waals surface area contributed by atoms with Gasteiger partial charge in [-0.1, -0.05) is 6.07 Å². The van der Waals surface area contributed by atoms with Crippen LogP contribution in [0.3, 0.4) is 0 Å². The predicted molar refractivity (Wildman–Crippen MR) is 80.6 cm³/mol. The first kappa shape index (κ1) is 14.7. The van der Waals surface area contributed by atoms with Gasteiger partial charge in [0.25, 0.3) is 0 Å². The van der Waals surface area contributed by atoms with Gasteiger partial charge in [-0.25, -0.2) is 0 Å². The quantitative estimate of drug-likeness (QED) is 0.787. The van der Waals surface area contributed by atoms with Gasteiger partial charge in [0.2, 0.25) is 5.91 Å². The van der Waals surface area contributed by atoms with Crippen molar-refractivity contribution in [2.24, 2.45) is 5.92 Å². The third-order valence-corrected chi connectivity index (χ3v) is 3.19. The molecule has 1 saturated carbocycles. The lowest BCUT2D eigenvalue weighted by Gasteiger charge is -2.06. The van der Waals surface area contributed by atoms with Gasteiger partial charge in [-0.15, -0.1) is 12.4 Å². The van der Waals surface area contributed by atoms with E-state index in [-0.39, 0.29) is 18.3 Å². The maximum atomic E-state index is 11.5. The summed E-state index contributed by atoms with van der Waals surface area (Å²) in [6, 6.07) is 7.80. The number of carbonyl (C=O) groups excluding carboxylic acids is 1. The van der Waals surface area contributed by atoms with E-state index in [2.05, 4.69) is 33.2 Å². The van der Waals surface area contributed by atoms with E-state index < -0.39 is 0 Å². The molecule has 1 aliphatic carbocycles. The minimum absolute atomic E-state index is 0. The first-order valence-electron chi connectivity index (χ1n) is 5.50. The van der Waals surface area contributed by atoms with Crippen molar-refractivity contribution in [3.05, 3.63) is 27.8 Å². The Morgan fingerprint density at radius 1 is 1.41 bits per heavy atom. The molecular weight excluding hydrogens is 351 g/mol. The minimum Gasteiger partial charge on any atom is -0.325 e. The van der Waals surface area contributed by atoms with Crippen LogP contribution in [0.5, 0.6) is 0 Å². The van der Waals surface area contributed by atoms with Gasteiger partial charge in [0.05, 0.1) is 6.54 Å². The summed E-state index contributed by atoms with van der Waals surface area (Å²) in [4.78, 5) is 11.5. The normalized spacial score (nSPS) is 13.9. The number of hydrogen-bond acceptors (Lipinski definition) is 2. The third-order valence-electron chi connectivity index (χ3n) is 2.52. The summed E-state index contributed by atoms with van der Waals surface area (Å²) in [7, 11) is 0. The standard InChI is InChI=1S/C12H15IN2O.ClH/c13-10-2-1-3-11(6-10)15-12(16)8-14-7-9-4-5-9;/h1-3,6,9,14H,4-5,7-8H2,(H,15,16);1H. The van der Waals surface area contributed by atoms with Crippen LogP contribution in [0.4, 0.5) is 5.69 Å². The van der Waals surface area contributed by atoms with E-state index in [4.69, 9.17) is 0 Å². The molecule has 0 bridgehead atoms. The van der Waals surface area contributed by atoms with Gasteiger partial charge in [0, 0.05) is 9.26 Å². The number of rotatable bonds is 5. The first-order chi connectivity index (χ1) is 7.74. The number of halogens is 2. The third kappa shape index (κ3) is 5.70. The summed E-state index contributed by atoms with van der Waals surface area (Å²) in [6.07, 6.45) is 2.62. The fourth-order valence-corrected chi connectivity index (χ4v) is 2.03. The molecule has 0 aromatic heterocycles. The van der Waals surface area contributed by atoms with Crippen molar-refractivity contribution >= 4 is 46.6 Å². The Morgan fingerprint density at radius 3 is 2.82 bits per heavy atom. The van der Waals surface area contributed by atoms with Crippen LogP contribution in [0, 0.1) is 9.49 Å². The Hall–Kier alpha value is -0.330. The van der Waals surface area contributed by atoms with Crippen molar-refractivity contribution in [1.82, 2.24) is 5.32 Å². The molecule has 1 fully saturated rings. The van der Waals surface area contributed by atoms with Crippen molar-refractivity contribution in [2.45, 2.75) is 12.8 Å². The van der Waals surface area contributed by atoms with Crippen LogP contribution in [-0.4, -0.2) is 19.0 Å². The van der Waals surface area contributed by atoms with Gasteiger partial charge < -0.3 is 10.6 Å². The lowest BCUT2D eigenvalue weighted by atomic mass is 10.3. The Labute approximate surface area is 121 Å².